The molecule has 1 fully saturated rings. The number of amides is 1. The number of carbonyl (C=O) groups is 1. The van der Waals surface area contributed by atoms with E-state index < -0.39 is 10.0 Å². The standard InChI is InChI=1S/C18H29N3O4S/c1-18(2,13-21(3)4)12-19-26(23,24)16-7-5-6-14(10-16)17(22)20-15-8-9-25-11-15/h5-7,10,15,19H,8-9,11-13H2,1-4H3,(H,20,22). The molecule has 0 radical (unpaired) electrons. The van der Waals surface area contributed by atoms with Gasteiger partial charge in [-0.15, -0.1) is 0 Å². The molecule has 146 valence electrons. The van der Waals surface area contributed by atoms with Crippen LogP contribution in [0.25, 0.3) is 0 Å². The highest BCUT2D eigenvalue weighted by molar-refractivity contribution is 7.89. The first-order valence-electron chi connectivity index (χ1n) is 8.72. The van der Waals surface area contributed by atoms with Gasteiger partial charge in [-0.3, -0.25) is 4.79 Å². The summed E-state index contributed by atoms with van der Waals surface area (Å²) in [7, 11) is 0.218. The molecule has 1 amide bonds. The minimum atomic E-state index is -3.69. The molecule has 1 heterocycles. The summed E-state index contributed by atoms with van der Waals surface area (Å²) >= 11 is 0. The van der Waals surface area contributed by atoms with Gasteiger partial charge in [0.05, 0.1) is 17.5 Å². The van der Waals surface area contributed by atoms with Crippen LogP contribution < -0.4 is 10.0 Å². The van der Waals surface area contributed by atoms with E-state index in [1.807, 2.05) is 32.8 Å². The zero-order chi connectivity index (χ0) is 19.4. The molecule has 1 aliphatic heterocycles. The van der Waals surface area contributed by atoms with Crippen LogP contribution in [-0.2, 0) is 14.8 Å². The van der Waals surface area contributed by atoms with Crippen molar-refractivity contribution in [2.45, 2.75) is 31.2 Å². The minimum absolute atomic E-state index is 0.0206. The Hall–Kier alpha value is -1.48. The van der Waals surface area contributed by atoms with Crippen molar-refractivity contribution in [3.8, 4) is 0 Å². The Morgan fingerprint density at radius 2 is 2.08 bits per heavy atom. The maximum atomic E-state index is 12.6. The molecule has 2 rings (SSSR count). The van der Waals surface area contributed by atoms with E-state index in [1.54, 1.807) is 12.1 Å². The summed E-state index contributed by atoms with van der Waals surface area (Å²) in [6.07, 6.45) is 0.770. The molecule has 1 unspecified atom stereocenters. The second-order valence-electron chi connectivity index (χ2n) is 7.79. The van der Waals surface area contributed by atoms with Crippen LogP contribution in [0.15, 0.2) is 29.2 Å². The van der Waals surface area contributed by atoms with Crippen LogP contribution in [0.4, 0.5) is 0 Å². The number of ether oxygens (including phenoxy) is 1. The Labute approximate surface area is 156 Å². The first kappa shape index (κ1) is 20.8. The summed E-state index contributed by atoms with van der Waals surface area (Å²) in [4.78, 5) is 14.4. The smallest absolute Gasteiger partial charge is 0.251 e. The summed E-state index contributed by atoms with van der Waals surface area (Å²) in [5.74, 6) is -0.287. The highest BCUT2D eigenvalue weighted by Gasteiger charge is 2.24. The van der Waals surface area contributed by atoms with Crippen LogP contribution in [0.1, 0.15) is 30.6 Å². The van der Waals surface area contributed by atoms with Gasteiger partial charge in [0.1, 0.15) is 0 Å². The van der Waals surface area contributed by atoms with Crippen molar-refractivity contribution in [3.63, 3.8) is 0 Å². The zero-order valence-electron chi connectivity index (χ0n) is 15.9. The minimum Gasteiger partial charge on any atom is -0.379 e. The van der Waals surface area contributed by atoms with Crippen molar-refractivity contribution in [3.05, 3.63) is 29.8 Å². The molecular weight excluding hydrogens is 354 g/mol. The van der Waals surface area contributed by atoms with E-state index in [2.05, 4.69) is 10.0 Å². The fourth-order valence-corrected chi connectivity index (χ4v) is 4.29. The van der Waals surface area contributed by atoms with Crippen molar-refractivity contribution in [1.82, 2.24) is 14.9 Å². The number of hydrogen-bond acceptors (Lipinski definition) is 5. The van der Waals surface area contributed by atoms with E-state index in [0.29, 0.717) is 25.3 Å². The van der Waals surface area contributed by atoms with Gasteiger partial charge in [0.15, 0.2) is 0 Å². The summed E-state index contributed by atoms with van der Waals surface area (Å²) in [6, 6.07) is 6.08. The fraction of sp³-hybridized carbons (Fsp3) is 0.611. The van der Waals surface area contributed by atoms with Crippen molar-refractivity contribution in [1.29, 1.82) is 0 Å². The zero-order valence-corrected chi connectivity index (χ0v) is 16.7. The molecule has 1 aromatic rings. The Morgan fingerprint density at radius 3 is 2.69 bits per heavy atom. The van der Waals surface area contributed by atoms with Crippen LogP contribution in [0, 0.1) is 5.41 Å². The molecule has 8 heteroatoms. The van der Waals surface area contributed by atoms with Gasteiger partial charge in [0.25, 0.3) is 5.91 Å². The van der Waals surface area contributed by atoms with Crippen molar-refractivity contribution < 1.29 is 17.9 Å². The number of sulfonamides is 1. The van der Waals surface area contributed by atoms with Crippen LogP contribution >= 0.6 is 0 Å². The molecule has 26 heavy (non-hydrogen) atoms. The fourth-order valence-electron chi connectivity index (χ4n) is 3.01. The quantitative estimate of drug-likeness (QED) is 0.701. The first-order valence-corrected chi connectivity index (χ1v) is 10.2. The maximum Gasteiger partial charge on any atom is 0.251 e. The lowest BCUT2D eigenvalue weighted by molar-refractivity contribution is 0.0929. The number of carbonyl (C=O) groups excluding carboxylic acids is 1. The molecular formula is C18H29N3O4S. The average Bonchev–Trinajstić information content (AvgIpc) is 3.05. The van der Waals surface area contributed by atoms with E-state index in [4.69, 9.17) is 4.74 Å². The van der Waals surface area contributed by atoms with Crippen LogP contribution in [0.5, 0.6) is 0 Å². The lowest BCUT2D eigenvalue weighted by Gasteiger charge is -2.28. The molecule has 0 aliphatic carbocycles. The Morgan fingerprint density at radius 1 is 1.35 bits per heavy atom. The molecule has 7 nitrogen and oxygen atoms in total. The van der Waals surface area contributed by atoms with Gasteiger partial charge >= 0.3 is 0 Å². The predicted molar refractivity (Wildman–Crippen MR) is 101 cm³/mol. The topological polar surface area (TPSA) is 87.7 Å². The second-order valence-corrected chi connectivity index (χ2v) is 9.56. The Bertz CT molecular complexity index is 726. The van der Waals surface area contributed by atoms with Gasteiger partial charge in [-0.2, -0.15) is 0 Å². The lowest BCUT2D eigenvalue weighted by atomic mass is 9.93. The molecule has 0 aromatic heterocycles. The van der Waals surface area contributed by atoms with Gasteiger partial charge in [-0.05, 0) is 44.1 Å². The summed E-state index contributed by atoms with van der Waals surface area (Å²) in [5.41, 5.74) is 0.112. The third-order valence-corrected chi connectivity index (χ3v) is 5.56. The van der Waals surface area contributed by atoms with Gasteiger partial charge in [-0.1, -0.05) is 19.9 Å². The number of benzene rings is 1. The third kappa shape index (κ3) is 6.05. The average molecular weight is 384 g/mol. The van der Waals surface area contributed by atoms with Gasteiger partial charge < -0.3 is 15.0 Å². The summed E-state index contributed by atoms with van der Waals surface area (Å²) < 4.78 is 33.1. The largest absolute Gasteiger partial charge is 0.379 e. The Kier molecular flexibility index (Phi) is 6.79. The molecule has 1 saturated heterocycles. The maximum absolute atomic E-state index is 12.6. The van der Waals surface area contributed by atoms with Gasteiger partial charge in [-0.25, -0.2) is 13.1 Å². The Balaban J connectivity index is 2.06. The normalized spacial score (nSPS) is 18.3. The van der Waals surface area contributed by atoms with Crippen molar-refractivity contribution >= 4 is 15.9 Å². The molecule has 0 saturated carbocycles. The molecule has 2 N–H and O–H groups in total. The third-order valence-electron chi connectivity index (χ3n) is 4.16. The van der Waals surface area contributed by atoms with Gasteiger partial charge in [0, 0.05) is 25.3 Å². The van der Waals surface area contributed by atoms with Crippen molar-refractivity contribution in [2.24, 2.45) is 5.41 Å². The molecule has 0 bridgehead atoms. The van der Waals surface area contributed by atoms with E-state index in [-0.39, 0.29) is 22.3 Å². The van der Waals surface area contributed by atoms with Crippen LogP contribution in [0.3, 0.4) is 0 Å². The van der Waals surface area contributed by atoms with E-state index in [9.17, 15) is 13.2 Å². The predicted octanol–water partition coefficient (Wildman–Crippen LogP) is 1.07. The van der Waals surface area contributed by atoms with Crippen molar-refractivity contribution in [2.75, 3.05) is 40.4 Å². The SMILES string of the molecule is CN(C)CC(C)(C)CNS(=O)(=O)c1cccc(C(=O)NC2CCOC2)c1. The number of nitrogens with zero attached hydrogens (tertiary/aromatic N) is 1. The van der Waals surface area contributed by atoms with Crippen LogP contribution in [-0.4, -0.2) is 65.7 Å². The molecule has 0 spiro atoms. The molecule has 1 atom stereocenters. The molecule has 1 aromatic carbocycles. The van der Waals surface area contributed by atoms with Crippen LogP contribution in [0.2, 0.25) is 0 Å². The van der Waals surface area contributed by atoms with E-state index in [1.165, 1.54) is 12.1 Å². The molecule has 1 aliphatic rings. The lowest BCUT2D eigenvalue weighted by Crippen LogP contribution is -2.40. The van der Waals surface area contributed by atoms with E-state index in [0.717, 1.165) is 13.0 Å². The van der Waals surface area contributed by atoms with E-state index >= 15 is 0 Å². The number of nitrogens with one attached hydrogen (secondary N) is 2. The number of hydrogen-bond donors (Lipinski definition) is 2. The first-order chi connectivity index (χ1) is 12.1. The van der Waals surface area contributed by atoms with Gasteiger partial charge in [0.2, 0.25) is 10.0 Å². The second kappa shape index (κ2) is 8.47. The summed E-state index contributed by atoms with van der Waals surface area (Å²) in [6.45, 7) is 6.19. The highest BCUT2D eigenvalue weighted by Crippen LogP contribution is 2.17. The highest BCUT2D eigenvalue weighted by atomic mass is 32.2. The summed E-state index contributed by atoms with van der Waals surface area (Å²) in [5, 5.41) is 2.87. The monoisotopic (exact) mass is 383 g/mol. The number of rotatable bonds is 8.